The van der Waals surface area contributed by atoms with E-state index in [1.807, 2.05) is 37.4 Å². The van der Waals surface area contributed by atoms with Gasteiger partial charge in [-0.25, -0.2) is 4.98 Å². The highest BCUT2D eigenvalue weighted by molar-refractivity contribution is 7.21. The van der Waals surface area contributed by atoms with Gasteiger partial charge >= 0.3 is 0 Å². The molecule has 0 spiro atoms. The Morgan fingerprint density at radius 1 is 1.09 bits per heavy atom. The third-order valence-corrected chi connectivity index (χ3v) is 10.9. The van der Waals surface area contributed by atoms with Gasteiger partial charge in [0, 0.05) is 47.9 Å². The zero-order chi connectivity index (χ0) is 30.3. The first-order valence-electron chi connectivity index (χ1n) is 15.7. The topological polar surface area (TPSA) is 54.5 Å². The lowest BCUT2D eigenvalue weighted by Crippen LogP contribution is -2.33. The van der Waals surface area contributed by atoms with Gasteiger partial charge in [0.2, 0.25) is 0 Å². The van der Waals surface area contributed by atoms with Gasteiger partial charge in [0.1, 0.15) is 11.6 Å². The summed E-state index contributed by atoms with van der Waals surface area (Å²) in [5, 5.41) is 5.05. The number of benzene rings is 2. The number of anilines is 1. The van der Waals surface area contributed by atoms with Gasteiger partial charge in [-0.2, -0.15) is 0 Å². The highest BCUT2D eigenvalue weighted by Crippen LogP contribution is 2.40. The Labute approximate surface area is 265 Å². The molecule has 7 heteroatoms. The molecule has 1 atom stereocenters. The molecule has 5 rings (SSSR count). The van der Waals surface area contributed by atoms with Gasteiger partial charge in [-0.3, -0.25) is 4.79 Å². The molecule has 228 valence electrons. The van der Waals surface area contributed by atoms with Crippen LogP contribution >= 0.6 is 22.9 Å². The van der Waals surface area contributed by atoms with Crippen molar-refractivity contribution in [3.05, 3.63) is 76.3 Å². The second-order valence-corrected chi connectivity index (χ2v) is 13.2. The maximum absolute atomic E-state index is 13.8. The number of carbonyl (C=O) groups excluding carboxylic acids is 1. The Balaban J connectivity index is 1.38. The van der Waals surface area contributed by atoms with Gasteiger partial charge in [0.25, 0.3) is 0 Å². The van der Waals surface area contributed by atoms with Crippen molar-refractivity contribution in [2.45, 2.75) is 64.8 Å². The van der Waals surface area contributed by atoms with Crippen LogP contribution in [0.25, 0.3) is 21.2 Å². The zero-order valence-corrected chi connectivity index (χ0v) is 27.4. The lowest BCUT2D eigenvalue weighted by Gasteiger charge is -2.34. The Morgan fingerprint density at radius 3 is 2.53 bits per heavy atom. The number of hydrogen-bond donors (Lipinski definition) is 1. The molecule has 0 radical (unpaired) electrons. The largest absolute Gasteiger partial charge is 0.494 e. The molecule has 0 amide bonds. The van der Waals surface area contributed by atoms with Crippen LogP contribution in [-0.4, -0.2) is 44.1 Å². The van der Waals surface area contributed by atoms with Crippen molar-refractivity contribution in [1.82, 2.24) is 10.3 Å². The molecule has 0 saturated heterocycles. The van der Waals surface area contributed by atoms with Crippen molar-refractivity contribution >= 4 is 44.6 Å². The van der Waals surface area contributed by atoms with Gasteiger partial charge in [0.05, 0.1) is 16.5 Å². The zero-order valence-electron chi connectivity index (χ0n) is 25.9. The van der Waals surface area contributed by atoms with Gasteiger partial charge in [-0.05, 0) is 113 Å². The maximum Gasteiger partial charge on any atom is 0.174 e. The van der Waals surface area contributed by atoms with Gasteiger partial charge in [0.15, 0.2) is 5.78 Å². The van der Waals surface area contributed by atoms with Crippen molar-refractivity contribution in [3.8, 4) is 16.9 Å². The minimum Gasteiger partial charge on any atom is -0.494 e. The summed E-state index contributed by atoms with van der Waals surface area (Å²) in [7, 11) is 4.11. The van der Waals surface area contributed by atoms with E-state index in [0.717, 1.165) is 77.9 Å². The van der Waals surface area contributed by atoms with Crippen molar-refractivity contribution < 1.29 is 9.53 Å². The first-order chi connectivity index (χ1) is 20.9. The molecule has 5 nitrogen and oxygen atoms in total. The number of aryl methyl sites for hydroxylation is 1. The number of fused-ring (bicyclic) bond motifs is 1. The van der Waals surface area contributed by atoms with Crippen molar-refractivity contribution in [2.75, 3.05) is 32.1 Å². The summed E-state index contributed by atoms with van der Waals surface area (Å²) >= 11 is 8.29. The molecule has 0 aliphatic heterocycles. The Morgan fingerprint density at radius 2 is 1.86 bits per heavy atom. The first-order valence-corrected chi connectivity index (χ1v) is 16.9. The summed E-state index contributed by atoms with van der Waals surface area (Å²) < 4.78 is 7.16. The number of nitrogens with zero attached hydrogens (tertiary/aromatic N) is 2. The van der Waals surface area contributed by atoms with Crippen molar-refractivity contribution in [2.24, 2.45) is 11.8 Å². The van der Waals surface area contributed by atoms with Crippen LogP contribution in [0, 0.1) is 11.8 Å². The number of hydrogen-bond acceptors (Lipinski definition) is 6. The maximum atomic E-state index is 13.8. The molecule has 1 unspecified atom stereocenters. The molecular weight excluding hydrogens is 574 g/mol. The number of pyridine rings is 1. The second-order valence-electron chi connectivity index (χ2n) is 11.7. The van der Waals surface area contributed by atoms with E-state index < -0.39 is 0 Å². The van der Waals surface area contributed by atoms with Crippen LogP contribution < -0.4 is 15.0 Å². The highest BCUT2D eigenvalue weighted by atomic mass is 35.5. The molecule has 1 fully saturated rings. The van der Waals surface area contributed by atoms with E-state index in [9.17, 15) is 4.79 Å². The van der Waals surface area contributed by atoms with Gasteiger partial charge < -0.3 is 15.0 Å². The van der Waals surface area contributed by atoms with Gasteiger partial charge in [-0.1, -0.05) is 35.9 Å². The Kier molecular flexibility index (Phi) is 10.8. The normalized spacial score (nSPS) is 17.6. The van der Waals surface area contributed by atoms with Crippen LogP contribution in [0.15, 0.2) is 60.8 Å². The number of carbonyl (C=O) groups is 1. The number of thiophene rings is 1. The standard InChI is InChI=1S/C36H44ClN3O2S/c1-5-40(4)34-20-16-28(23-39-34)25-15-19-32(42-6-2)27(21-25)12-11-26(24-13-17-29(38-3)18-14-24)22-31(41)36-35(37)30-9-7-8-10-33(30)43-36/h7-10,15-16,19-21,23-24,26,29,38H,5-6,11-14,17-18,22H2,1-4H3. The van der Waals surface area contributed by atoms with E-state index in [-0.39, 0.29) is 11.7 Å². The van der Waals surface area contributed by atoms with Crippen LogP contribution in [-0.2, 0) is 6.42 Å². The average molecular weight is 618 g/mol. The van der Waals surface area contributed by atoms with Crippen LogP contribution in [0.4, 0.5) is 5.82 Å². The fourth-order valence-electron chi connectivity index (χ4n) is 6.44. The van der Waals surface area contributed by atoms with Crippen LogP contribution in [0.1, 0.15) is 67.6 Å². The molecule has 1 aliphatic carbocycles. The molecule has 1 N–H and O–H groups in total. The number of aromatic nitrogens is 1. The predicted octanol–water partition coefficient (Wildman–Crippen LogP) is 9.07. The lowest BCUT2D eigenvalue weighted by molar-refractivity contribution is 0.0925. The van der Waals surface area contributed by atoms with E-state index >= 15 is 0 Å². The monoisotopic (exact) mass is 617 g/mol. The molecule has 2 heterocycles. The second kappa shape index (κ2) is 14.7. The van der Waals surface area contributed by atoms with Crippen LogP contribution in [0.2, 0.25) is 5.02 Å². The highest BCUT2D eigenvalue weighted by Gasteiger charge is 2.30. The minimum atomic E-state index is 0.175. The molecule has 43 heavy (non-hydrogen) atoms. The lowest BCUT2D eigenvalue weighted by atomic mass is 9.74. The van der Waals surface area contributed by atoms with E-state index in [2.05, 4.69) is 66.6 Å². The summed E-state index contributed by atoms with van der Waals surface area (Å²) in [6.45, 7) is 5.68. The van der Waals surface area contributed by atoms with E-state index in [4.69, 9.17) is 16.3 Å². The van der Waals surface area contributed by atoms with Crippen molar-refractivity contribution in [3.63, 3.8) is 0 Å². The number of rotatable bonds is 13. The van der Waals surface area contributed by atoms with E-state index in [1.54, 1.807) is 0 Å². The number of ketones is 1. The summed E-state index contributed by atoms with van der Waals surface area (Å²) in [6, 6.07) is 19.3. The molecule has 1 aliphatic rings. The third-order valence-electron chi connectivity index (χ3n) is 9.17. The molecular formula is C36H44ClN3O2S. The van der Waals surface area contributed by atoms with Gasteiger partial charge in [-0.15, -0.1) is 11.3 Å². The third kappa shape index (κ3) is 7.42. The Hall–Kier alpha value is -2.93. The van der Waals surface area contributed by atoms with Crippen molar-refractivity contribution in [1.29, 1.82) is 0 Å². The minimum absolute atomic E-state index is 0.175. The van der Waals surface area contributed by atoms with Crippen LogP contribution in [0.3, 0.4) is 0 Å². The summed E-state index contributed by atoms with van der Waals surface area (Å²) in [4.78, 5) is 21.3. The SMILES string of the molecule is CCOc1ccc(-c2ccc(N(C)CC)nc2)cc1CCC(CC(=O)c1sc2ccccc2c1Cl)C1CCC(NC)CC1. The molecule has 4 aromatic rings. The quantitative estimate of drug-likeness (QED) is 0.152. The fourth-order valence-corrected chi connectivity index (χ4v) is 7.93. The summed E-state index contributed by atoms with van der Waals surface area (Å²) in [5.41, 5.74) is 3.42. The number of ether oxygens (including phenoxy) is 1. The molecule has 1 saturated carbocycles. The van der Waals surface area contributed by atoms with E-state index in [0.29, 0.717) is 34.9 Å². The number of nitrogens with one attached hydrogen (secondary N) is 1. The van der Waals surface area contributed by atoms with E-state index in [1.165, 1.54) is 16.9 Å². The average Bonchev–Trinajstić information content (AvgIpc) is 3.39. The summed E-state index contributed by atoms with van der Waals surface area (Å²) in [5.74, 6) is 2.88. The smallest absolute Gasteiger partial charge is 0.174 e. The van der Waals surface area contributed by atoms with Crippen LogP contribution in [0.5, 0.6) is 5.75 Å². The first kappa shape index (κ1) is 31.5. The molecule has 2 aromatic carbocycles. The molecule has 2 aromatic heterocycles. The summed E-state index contributed by atoms with van der Waals surface area (Å²) in [6.07, 6.45) is 8.89. The predicted molar refractivity (Wildman–Crippen MR) is 182 cm³/mol. The molecule has 0 bridgehead atoms. The number of Topliss-reactive ketones (excluding diaryl/α,β-unsaturated/α-hetero) is 1. The number of halogens is 1. The fraction of sp³-hybridized carbons (Fsp3) is 0.444. The Bertz CT molecular complexity index is 1510.